The van der Waals surface area contributed by atoms with Crippen LogP contribution in [0.2, 0.25) is 0 Å². The largest absolute Gasteiger partial charge is 0.350 e. The standard InChI is InChI=1S/C15H21F2NO3S/c1-3-4-5-6-11(2)18-14(19)12-7-9-13(10-8-12)22(20,21)15(16)17/h7-11,15H,3-6H2,1-2H3,(H,18,19). The van der Waals surface area contributed by atoms with E-state index in [-0.39, 0.29) is 17.5 Å². The lowest BCUT2D eigenvalue weighted by molar-refractivity contribution is 0.0938. The van der Waals surface area contributed by atoms with Gasteiger partial charge >= 0.3 is 5.76 Å². The van der Waals surface area contributed by atoms with Crippen LogP contribution in [0.1, 0.15) is 49.9 Å². The fourth-order valence-electron chi connectivity index (χ4n) is 1.98. The highest BCUT2D eigenvalue weighted by Gasteiger charge is 2.26. The molecule has 0 aliphatic carbocycles. The molecule has 0 fully saturated rings. The van der Waals surface area contributed by atoms with Gasteiger partial charge in [-0.1, -0.05) is 26.2 Å². The summed E-state index contributed by atoms with van der Waals surface area (Å²) in [5, 5.41) is 2.80. The maximum absolute atomic E-state index is 12.4. The van der Waals surface area contributed by atoms with Crippen LogP contribution in [0.5, 0.6) is 0 Å². The zero-order valence-corrected chi connectivity index (χ0v) is 13.5. The molecule has 1 amide bonds. The minimum Gasteiger partial charge on any atom is -0.350 e. The van der Waals surface area contributed by atoms with Crippen molar-refractivity contribution in [2.75, 3.05) is 0 Å². The number of nitrogens with one attached hydrogen (secondary N) is 1. The number of sulfone groups is 1. The van der Waals surface area contributed by atoms with E-state index in [2.05, 4.69) is 12.2 Å². The maximum Gasteiger partial charge on any atom is 0.341 e. The number of benzene rings is 1. The summed E-state index contributed by atoms with van der Waals surface area (Å²) in [7, 11) is -4.62. The van der Waals surface area contributed by atoms with Gasteiger partial charge < -0.3 is 5.32 Å². The van der Waals surface area contributed by atoms with E-state index < -0.39 is 20.5 Å². The lowest BCUT2D eigenvalue weighted by Gasteiger charge is -2.13. The van der Waals surface area contributed by atoms with Gasteiger partial charge in [0.2, 0.25) is 9.84 Å². The number of carbonyl (C=O) groups excluding carboxylic acids is 1. The Morgan fingerprint density at radius 3 is 2.27 bits per heavy atom. The van der Waals surface area contributed by atoms with Gasteiger partial charge in [0.15, 0.2) is 0 Å². The van der Waals surface area contributed by atoms with Crippen LogP contribution in [-0.2, 0) is 9.84 Å². The molecule has 0 saturated heterocycles. The van der Waals surface area contributed by atoms with Crippen LogP contribution in [0.15, 0.2) is 29.2 Å². The van der Waals surface area contributed by atoms with Crippen molar-refractivity contribution >= 4 is 15.7 Å². The monoisotopic (exact) mass is 333 g/mol. The van der Waals surface area contributed by atoms with Crippen LogP contribution in [-0.4, -0.2) is 26.1 Å². The van der Waals surface area contributed by atoms with E-state index in [4.69, 9.17) is 0 Å². The van der Waals surface area contributed by atoms with E-state index in [1.165, 1.54) is 12.1 Å². The van der Waals surface area contributed by atoms with Gasteiger partial charge in [0.25, 0.3) is 5.91 Å². The number of alkyl halides is 2. The van der Waals surface area contributed by atoms with Crippen LogP contribution < -0.4 is 5.32 Å². The predicted octanol–water partition coefficient (Wildman–Crippen LogP) is 3.38. The van der Waals surface area contributed by atoms with Gasteiger partial charge in [-0.25, -0.2) is 8.42 Å². The molecule has 0 aliphatic rings. The average molecular weight is 333 g/mol. The molecule has 0 spiro atoms. The van der Waals surface area contributed by atoms with E-state index in [9.17, 15) is 22.0 Å². The predicted molar refractivity (Wildman–Crippen MR) is 80.7 cm³/mol. The van der Waals surface area contributed by atoms with E-state index in [0.717, 1.165) is 37.8 Å². The Kier molecular flexibility index (Phi) is 6.93. The van der Waals surface area contributed by atoms with Crippen molar-refractivity contribution < 1.29 is 22.0 Å². The number of carbonyl (C=O) groups is 1. The van der Waals surface area contributed by atoms with Gasteiger partial charge in [0.1, 0.15) is 0 Å². The smallest absolute Gasteiger partial charge is 0.341 e. The molecular formula is C15H21F2NO3S. The van der Waals surface area contributed by atoms with Crippen molar-refractivity contribution in [2.45, 2.75) is 56.2 Å². The van der Waals surface area contributed by atoms with E-state index in [0.29, 0.717) is 0 Å². The molecule has 7 heteroatoms. The molecule has 0 aliphatic heterocycles. The number of hydrogen-bond donors (Lipinski definition) is 1. The summed E-state index contributed by atoms with van der Waals surface area (Å²) in [5.74, 6) is -3.81. The Morgan fingerprint density at radius 2 is 1.77 bits per heavy atom. The third-order valence-electron chi connectivity index (χ3n) is 3.30. The summed E-state index contributed by atoms with van der Waals surface area (Å²) >= 11 is 0. The highest BCUT2D eigenvalue weighted by molar-refractivity contribution is 7.91. The molecule has 0 radical (unpaired) electrons. The molecule has 0 saturated carbocycles. The first kappa shape index (κ1) is 18.5. The zero-order valence-electron chi connectivity index (χ0n) is 12.7. The second-order valence-corrected chi connectivity index (χ2v) is 7.12. The van der Waals surface area contributed by atoms with Gasteiger partial charge in [-0.15, -0.1) is 0 Å². The second kappa shape index (κ2) is 8.22. The minimum absolute atomic E-state index is 0.00326. The summed E-state index contributed by atoms with van der Waals surface area (Å²) in [6.07, 6.45) is 4.07. The lowest BCUT2D eigenvalue weighted by Crippen LogP contribution is -2.32. The van der Waals surface area contributed by atoms with Gasteiger partial charge in [0.05, 0.1) is 4.90 Å². The molecule has 1 rings (SSSR count). The number of unbranched alkanes of at least 4 members (excludes halogenated alkanes) is 2. The van der Waals surface area contributed by atoms with Gasteiger partial charge in [-0.05, 0) is 37.6 Å². The van der Waals surface area contributed by atoms with E-state index in [1.807, 2.05) is 6.92 Å². The summed E-state index contributed by atoms with van der Waals surface area (Å²) in [6, 6.07) is 4.53. The molecule has 1 N–H and O–H groups in total. The fraction of sp³-hybridized carbons (Fsp3) is 0.533. The van der Waals surface area contributed by atoms with Gasteiger partial charge in [0, 0.05) is 11.6 Å². The Bertz CT molecular complexity index is 585. The molecule has 0 bridgehead atoms. The fourth-order valence-corrected chi connectivity index (χ4v) is 2.70. The topological polar surface area (TPSA) is 63.2 Å². The quantitative estimate of drug-likeness (QED) is 0.742. The Morgan fingerprint density at radius 1 is 1.18 bits per heavy atom. The SMILES string of the molecule is CCCCCC(C)NC(=O)c1ccc(S(=O)(=O)C(F)F)cc1. The van der Waals surface area contributed by atoms with Crippen LogP contribution >= 0.6 is 0 Å². The molecule has 4 nitrogen and oxygen atoms in total. The molecule has 0 aromatic heterocycles. The molecule has 22 heavy (non-hydrogen) atoms. The molecule has 124 valence electrons. The number of hydrogen-bond acceptors (Lipinski definition) is 3. The molecule has 1 aromatic carbocycles. The van der Waals surface area contributed by atoms with Crippen molar-refractivity contribution in [1.82, 2.24) is 5.32 Å². The number of halogens is 2. The van der Waals surface area contributed by atoms with Crippen molar-refractivity contribution in [3.63, 3.8) is 0 Å². The van der Waals surface area contributed by atoms with E-state index >= 15 is 0 Å². The lowest BCUT2D eigenvalue weighted by atomic mass is 10.1. The molecular weight excluding hydrogens is 312 g/mol. The highest BCUT2D eigenvalue weighted by Crippen LogP contribution is 2.18. The number of rotatable bonds is 8. The van der Waals surface area contributed by atoms with E-state index in [1.54, 1.807) is 0 Å². The zero-order chi connectivity index (χ0) is 16.8. The molecule has 1 unspecified atom stereocenters. The Labute approximate surface area is 129 Å². The van der Waals surface area contributed by atoms with Crippen LogP contribution in [0.4, 0.5) is 8.78 Å². The van der Waals surface area contributed by atoms with Gasteiger partial charge in [-0.2, -0.15) is 8.78 Å². The maximum atomic E-state index is 12.4. The summed E-state index contributed by atoms with van der Waals surface area (Å²) in [6.45, 7) is 3.99. The Hall–Kier alpha value is -1.50. The van der Waals surface area contributed by atoms with Crippen molar-refractivity contribution in [3.05, 3.63) is 29.8 Å². The first-order valence-electron chi connectivity index (χ1n) is 7.22. The van der Waals surface area contributed by atoms with Crippen LogP contribution in [0.3, 0.4) is 0 Å². The second-order valence-electron chi connectivity index (χ2n) is 5.20. The third-order valence-corrected chi connectivity index (χ3v) is 4.70. The normalized spacial score (nSPS) is 13.1. The first-order chi connectivity index (χ1) is 10.3. The van der Waals surface area contributed by atoms with Crippen molar-refractivity contribution in [1.29, 1.82) is 0 Å². The first-order valence-corrected chi connectivity index (χ1v) is 8.76. The summed E-state index contributed by atoms with van der Waals surface area (Å²) in [4.78, 5) is 11.5. The minimum atomic E-state index is -4.62. The average Bonchev–Trinajstić information content (AvgIpc) is 2.47. The highest BCUT2D eigenvalue weighted by atomic mass is 32.2. The van der Waals surface area contributed by atoms with Crippen molar-refractivity contribution in [3.8, 4) is 0 Å². The molecule has 1 aromatic rings. The number of amides is 1. The van der Waals surface area contributed by atoms with Crippen LogP contribution in [0.25, 0.3) is 0 Å². The third kappa shape index (κ3) is 5.05. The molecule has 0 heterocycles. The van der Waals surface area contributed by atoms with Gasteiger partial charge in [-0.3, -0.25) is 4.79 Å². The summed E-state index contributed by atoms with van der Waals surface area (Å²) in [5.41, 5.74) is 0.246. The summed E-state index contributed by atoms with van der Waals surface area (Å²) < 4.78 is 47.4. The molecule has 1 atom stereocenters. The Balaban J connectivity index is 2.69. The van der Waals surface area contributed by atoms with Crippen molar-refractivity contribution in [2.24, 2.45) is 0 Å². The van der Waals surface area contributed by atoms with Crippen LogP contribution in [0, 0.1) is 0 Å².